The molecule has 1 heterocycles. The summed E-state index contributed by atoms with van der Waals surface area (Å²) in [4.78, 5) is 11.5. The topological polar surface area (TPSA) is 95.7 Å². The molecule has 0 amide bonds. The van der Waals surface area contributed by atoms with E-state index in [4.69, 9.17) is 15.2 Å². The number of ether oxygens (including phenoxy) is 2. The fourth-order valence-electron chi connectivity index (χ4n) is 1.96. The molecule has 1 fully saturated rings. The maximum atomic E-state index is 11.5. The maximum Gasteiger partial charge on any atom is 0.309 e. The predicted molar refractivity (Wildman–Crippen MR) is 74.1 cm³/mol. The Morgan fingerprint density at radius 2 is 2.20 bits per heavy atom. The minimum atomic E-state index is -3.03. The van der Waals surface area contributed by atoms with Gasteiger partial charge < -0.3 is 15.2 Å². The van der Waals surface area contributed by atoms with Crippen molar-refractivity contribution in [2.24, 2.45) is 0 Å². The van der Waals surface area contributed by atoms with Gasteiger partial charge in [-0.25, -0.2) is 8.42 Å². The summed E-state index contributed by atoms with van der Waals surface area (Å²) in [6, 6.07) is 6.90. The molecule has 0 spiro atoms. The zero-order valence-corrected chi connectivity index (χ0v) is 11.8. The second-order valence-electron chi connectivity index (χ2n) is 4.69. The molecule has 2 rings (SSSR count). The van der Waals surface area contributed by atoms with Gasteiger partial charge in [0.15, 0.2) is 9.84 Å². The van der Waals surface area contributed by atoms with Crippen LogP contribution in [-0.2, 0) is 19.4 Å². The number of nitrogens with two attached hydrogens (primary N) is 1. The standard InChI is InChI=1S/C13H17NO5S/c14-10-2-1-3-11(8-10)18-6-4-13(15)19-12-5-7-20(16,17)9-12/h1-3,8,12H,4-7,9,14H2. The van der Waals surface area contributed by atoms with Crippen LogP contribution < -0.4 is 10.5 Å². The number of hydrogen-bond donors (Lipinski definition) is 1. The molecule has 6 nitrogen and oxygen atoms in total. The minimum absolute atomic E-state index is 0.0746. The monoisotopic (exact) mass is 299 g/mol. The van der Waals surface area contributed by atoms with E-state index in [1.165, 1.54) is 0 Å². The Hall–Kier alpha value is -1.76. The van der Waals surface area contributed by atoms with E-state index >= 15 is 0 Å². The Balaban J connectivity index is 1.71. The first-order valence-electron chi connectivity index (χ1n) is 6.33. The number of carbonyl (C=O) groups is 1. The first-order chi connectivity index (χ1) is 9.44. The van der Waals surface area contributed by atoms with Crippen molar-refractivity contribution < 1.29 is 22.7 Å². The Kier molecular flexibility index (Phi) is 4.49. The SMILES string of the molecule is Nc1cccc(OCCC(=O)OC2CCS(=O)(=O)C2)c1. The third kappa shape index (κ3) is 4.41. The van der Waals surface area contributed by atoms with E-state index in [1.807, 2.05) is 0 Å². The molecule has 1 saturated heterocycles. The number of rotatable bonds is 5. The van der Waals surface area contributed by atoms with Crippen LogP contribution in [0.15, 0.2) is 24.3 Å². The van der Waals surface area contributed by atoms with Gasteiger partial charge in [0.05, 0.1) is 24.5 Å². The van der Waals surface area contributed by atoms with Gasteiger partial charge in [0, 0.05) is 11.8 Å². The molecule has 0 bridgehead atoms. The van der Waals surface area contributed by atoms with Gasteiger partial charge in [-0.2, -0.15) is 0 Å². The molecular weight excluding hydrogens is 282 g/mol. The third-order valence-electron chi connectivity index (χ3n) is 2.92. The number of esters is 1. The summed E-state index contributed by atoms with van der Waals surface area (Å²) in [6.45, 7) is 0.168. The lowest BCUT2D eigenvalue weighted by atomic mass is 10.3. The molecule has 1 aromatic rings. The van der Waals surface area contributed by atoms with E-state index in [0.717, 1.165) is 0 Å². The zero-order chi connectivity index (χ0) is 14.6. The summed E-state index contributed by atoms with van der Waals surface area (Å²) in [6.07, 6.45) is -0.0601. The highest BCUT2D eigenvalue weighted by atomic mass is 32.2. The van der Waals surface area contributed by atoms with Crippen molar-refractivity contribution in [3.05, 3.63) is 24.3 Å². The number of carbonyl (C=O) groups excluding carboxylic acids is 1. The molecule has 1 atom stereocenters. The molecule has 110 valence electrons. The van der Waals surface area contributed by atoms with Crippen LogP contribution in [0.4, 0.5) is 5.69 Å². The first kappa shape index (κ1) is 14.6. The van der Waals surface area contributed by atoms with Gasteiger partial charge in [-0.1, -0.05) is 6.07 Å². The molecule has 0 aliphatic carbocycles. The fraction of sp³-hybridized carbons (Fsp3) is 0.462. The van der Waals surface area contributed by atoms with Crippen molar-refractivity contribution >= 4 is 21.5 Å². The normalized spacial score (nSPS) is 20.5. The number of sulfone groups is 1. The zero-order valence-electron chi connectivity index (χ0n) is 10.9. The van der Waals surface area contributed by atoms with Crippen molar-refractivity contribution in [3.8, 4) is 5.75 Å². The highest BCUT2D eigenvalue weighted by Gasteiger charge is 2.30. The van der Waals surface area contributed by atoms with Crippen molar-refractivity contribution in [2.45, 2.75) is 18.9 Å². The molecule has 20 heavy (non-hydrogen) atoms. The molecule has 7 heteroatoms. The number of anilines is 1. The second-order valence-corrected chi connectivity index (χ2v) is 6.91. The Bertz CT molecular complexity index is 584. The van der Waals surface area contributed by atoms with Crippen LogP contribution in [-0.4, -0.2) is 38.6 Å². The Labute approximate surface area is 117 Å². The lowest BCUT2D eigenvalue weighted by Gasteiger charge is -2.11. The average molecular weight is 299 g/mol. The average Bonchev–Trinajstić information content (AvgIpc) is 2.68. The van der Waals surface area contributed by atoms with Crippen LogP contribution in [0.2, 0.25) is 0 Å². The maximum absolute atomic E-state index is 11.5. The molecule has 0 saturated carbocycles. The van der Waals surface area contributed by atoms with E-state index < -0.39 is 21.9 Å². The predicted octanol–water partition coefficient (Wildman–Crippen LogP) is 0.768. The Morgan fingerprint density at radius 1 is 1.40 bits per heavy atom. The molecule has 0 radical (unpaired) electrons. The summed E-state index contributed by atoms with van der Waals surface area (Å²) in [5.41, 5.74) is 6.18. The number of hydrogen-bond acceptors (Lipinski definition) is 6. The van der Waals surface area contributed by atoms with Crippen LogP contribution in [0.3, 0.4) is 0 Å². The van der Waals surface area contributed by atoms with Gasteiger partial charge in [-0.15, -0.1) is 0 Å². The van der Waals surface area contributed by atoms with Crippen LogP contribution in [0.25, 0.3) is 0 Å². The summed E-state index contributed by atoms with van der Waals surface area (Å²) < 4.78 is 32.9. The first-order valence-corrected chi connectivity index (χ1v) is 8.15. The van der Waals surface area contributed by atoms with E-state index in [0.29, 0.717) is 17.9 Å². The molecule has 1 unspecified atom stereocenters. The highest BCUT2D eigenvalue weighted by molar-refractivity contribution is 7.91. The van der Waals surface area contributed by atoms with Crippen molar-refractivity contribution in [1.29, 1.82) is 0 Å². The lowest BCUT2D eigenvalue weighted by molar-refractivity contribution is -0.148. The number of nitrogen functional groups attached to an aromatic ring is 1. The molecule has 1 aliphatic heterocycles. The van der Waals surface area contributed by atoms with E-state index in [1.54, 1.807) is 24.3 Å². The molecule has 1 aliphatic rings. The fourth-order valence-corrected chi connectivity index (χ4v) is 3.55. The lowest BCUT2D eigenvalue weighted by Crippen LogP contribution is -2.20. The molecule has 1 aromatic carbocycles. The van der Waals surface area contributed by atoms with Crippen molar-refractivity contribution in [2.75, 3.05) is 23.8 Å². The van der Waals surface area contributed by atoms with Gasteiger partial charge in [-0.05, 0) is 18.6 Å². The van der Waals surface area contributed by atoms with Crippen LogP contribution in [0, 0.1) is 0 Å². The van der Waals surface area contributed by atoms with Crippen molar-refractivity contribution in [3.63, 3.8) is 0 Å². The van der Waals surface area contributed by atoms with Gasteiger partial charge in [0.1, 0.15) is 11.9 Å². The van der Waals surface area contributed by atoms with Gasteiger partial charge in [-0.3, -0.25) is 4.79 Å². The molecular formula is C13H17NO5S. The quantitative estimate of drug-likeness (QED) is 0.637. The van der Waals surface area contributed by atoms with Crippen LogP contribution in [0.5, 0.6) is 5.75 Å². The minimum Gasteiger partial charge on any atom is -0.493 e. The summed E-state index contributed by atoms with van der Waals surface area (Å²) in [5, 5.41) is 0. The van der Waals surface area contributed by atoms with Gasteiger partial charge in [0.25, 0.3) is 0 Å². The van der Waals surface area contributed by atoms with Crippen molar-refractivity contribution in [1.82, 2.24) is 0 Å². The van der Waals surface area contributed by atoms with E-state index in [9.17, 15) is 13.2 Å². The summed E-state index contributed by atoms with van der Waals surface area (Å²) in [7, 11) is -3.03. The smallest absolute Gasteiger partial charge is 0.309 e. The third-order valence-corrected chi connectivity index (χ3v) is 4.66. The highest BCUT2D eigenvalue weighted by Crippen LogP contribution is 2.16. The largest absolute Gasteiger partial charge is 0.493 e. The van der Waals surface area contributed by atoms with Crippen LogP contribution >= 0.6 is 0 Å². The van der Waals surface area contributed by atoms with Gasteiger partial charge >= 0.3 is 5.97 Å². The van der Waals surface area contributed by atoms with Gasteiger partial charge in [0.2, 0.25) is 0 Å². The Morgan fingerprint density at radius 3 is 2.85 bits per heavy atom. The second kappa shape index (κ2) is 6.13. The summed E-state index contributed by atoms with van der Waals surface area (Å²) in [5.74, 6) is 0.150. The summed E-state index contributed by atoms with van der Waals surface area (Å²) >= 11 is 0. The van der Waals surface area contributed by atoms with Crippen LogP contribution in [0.1, 0.15) is 12.8 Å². The molecule has 2 N–H and O–H groups in total. The molecule has 0 aromatic heterocycles. The van der Waals surface area contributed by atoms with E-state index in [2.05, 4.69) is 0 Å². The van der Waals surface area contributed by atoms with E-state index in [-0.39, 0.29) is 24.5 Å². The number of benzene rings is 1.